The monoisotopic (exact) mass is 335 g/mol. The van der Waals surface area contributed by atoms with Crippen molar-refractivity contribution in [1.29, 1.82) is 0 Å². The second-order valence-corrected chi connectivity index (χ2v) is 6.77. The third kappa shape index (κ3) is 2.52. The predicted molar refractivity (Wildman–Crippen MR) is 81.2 cm³/mol. The Morgan fingerprint density at radius 1 is 1.35 bits per heavy atom. The van der Waals surface area contributed by atoms with Gasteiger partial charge in [0.05, 0.1) is 6.04 Å². The van der Waals surface area contributed by atoms with E-state index in [0.29, 0.717) is 11.7 Å². The number of aromatic nitrogens is 2. The summed E-state index contributed by atoms with van der Waals surface area (Å²) < 4.78 is 6.48. The summed E-state index contributed by atoms with van der Waals surface area (Å²) >= 11 is 3.52. The summed E-state index contributed by atoms with van der Waals surface area (Å²) in [5.74, 6) is 1.32. The standard InChI is InChI=1S/C15H18BrN3O/c1-15(2)8-5-9-17-12(15)14-18-13(19-20-14)10-6-3-4-7-11(10)16/h3-4,6-7,12,17H,5,8-9H2,1-2H3. The molecule has 0 aliphatic carbocycles. The Morgan fingerprint density at radius 3 is 2.90 bits per heavy atom. The minimum atomic E-state index is 0.125. The van der Waals surface area contributed by atoms with Gasteiger partial charge in [-0.3, -0.25) is 0 Å². The second kappa shape index (κ2) is 5.30. The lowest BCUT2D eigenvalue weighted by Crippen LogP contribution is -2.39. The van der Waals surface area contributed by atoms with E-state index < -0.39 is 0 Å². The predicted octanol–water partition coefficient (Wildman–Crippen LogP) is 3.95. The highest BCUT2D eigenvalue weighted by Gasteiger charge is 2.37. The molecule has 1 unspecified atom stereocenters. The maximum Gasteiger partial charge on any atom is 0.244 e. The molecular formula is C15H18BrN3O. The van der Waals surface area contributed by atoms with Crippen molar-refractivity contribution in [2.24, 2.45) is 5.41 Å². The topological polar surface area (TPSA) is 51.0 Å². The van der Waals surface area contributed by atoms with Crippen LogP contribution in [-0.4, -0.2) is 16.7 Å². The molecule has 3 rings (SSSR count). The molecule has 1 N–H and O–H groups in total. The summed E-state index contributed by atoms with van der Waals surface area (Å²) in [6.45, 7) is 5.49. The van der Waals surface area contributed by atoms with E-state index in [1.807, 2.05) is 24.3 Å². The van der Waals surface area contributed by atoms with Crippen LogP contribution in [0.15, 0.2) is 33.3 Å². The molecule has 1 aromatic heterocycles. The molecule has 1 aromatic carbocycles. The van der Waals surface area contributed by atoms with Gasteiger partial charge in [0, 0.05) is 10.0 Å². The number of nitrogens with one attached hydrogen (secondary N) is 1. The molecule has 5 heteroatoms. The summed E-state index contributed by atoms with van der Waals surface area (Å²) in [5.41, 5.74) is 1.09. The van der Waals surface area contributed by atoms with Gasteiger partial charge in [0.2, 0.25) is 11.7 Å². The van der Waals surface area contributed by atoms with E-state index in [4.69, 9.17) is 4.52 Å². The third-order valence-corrected chi connectivity index (χ3v) is 4.62. The second-order valence-electron chi connectivity index (χ2n) is 5.92. The number of benzene rings is 1. The molecule has 4 nitrogen and oxygen atoms in total. The Bertz CT molecular complexity index is 609. The molecule has 2 aromatic rings. The summed E-state index contributed by atoms with van der Waals surface area (Å²) in [7, 11) is 0. The normalized spacial score (nSPS) is 21.9. The van der Waals surface area contributed by atoms with Crippen LogP contribution < -0.4 is 5.32 Å². The van der Waals surface area contributed by atoms with Crippen LogP contribution in [0.1, 0.15) is 38.6 Å². The van der Waals surface area contributed by atoms with E-state index in [1.165, 1.54) is 6.42 Å². The van der Waals surface area contributed by atoms with Crippen molar-refractivity contribution in [3.05, 3.63) is 34.6 Å². The van der Waals surface area contributed by atoms with Crippen LogP contribution in [0.2, 0.25) is 0 Å². The highest BCUT2D eigenvalue weighted by Crippen LogP contribution is 2.40. The molecule has 1 aliphatic heterocycles. The zero-order valence-electron chi connectivity index (χ0n) is 11.7. The van der Waals surface area contributed by atoms with Crippen LogP contribution >= 0.6 is 15.9 Å². The van der Waals surface area contributed by atoms with E-state index in [9.17, 15) is 0 Å². The number of rotatable bonds is 2. The lowest BCUT2D eigenvalue weighted by atomic mass is 9.77. The van der Waals surface area contributed by atoms with Gasteiger partial charge in [-0.2, -0.15) is 4.98 Å². The van der Waals surface area contributed by atoms with Gasteiger partial charge in [-0.25, -0.2) is 0 Å². The van der Waals surface area contributed by atoms with Gasteiger partial charge in [-0.1, -0.05) is 47.1 Å². The first-order chi connectivity index (χ1) is 9.58. The van der Waals surface area contributed by atoms with Gasteiger partial charge < -0.3 is 9.84 Å². The van der Waals surface area contributed by atoms with Gasteiger partial charge in [0.1, 0.15) is 0 Å². The van der Waals surface area contributed by atoms with Gasteiger partial charge in [-0.15, -0.1) is 0 Å². The van der Waals surface area contributed by atoms with E-state index in [2.05, 4.69) is 45.2 Å². The van der Waals surface area contributed by atoms with Gasteiger partial charge in [0.25, 0.3) is 0 Å². The summed E-state index contributed by atoms with van der Waals surface area (Å²) in [4.78, 5) is 4.59. The van der Waals surface area contributed by atoms with E-state index in [0.717, 1.165) is 23.0 Å². The fourth-order valence-corrected chi connectivity index (χ4v) is 3.20. The Balaban J connectivity index is 1.92. The molecule has 1 saturated heterocycles. The SMILES string of the molecule is CC1(C)CCCNC1c1nc(-c2ccccc2Br)no1. The molecule has 1 aliphatic rings. The van der Waals surface area contributed by atoms with Crippen LogP contribution in [-0.2, 0) is 0 Å². The minimum absolute atomic E-state index is 0.125. The minimum Gasteiger partial charge on any atom is -0.337 e. The number of piperidine rings is 1. The average Bonchev–Trinajstić information content (AvgIpc) is 2.88. The highest BCUT2D eigenvalue weighted by molar-refractivity contribution is 9.10. The first-order valence-electron chi connectivity index (χ1n) is 6.90. The molecule has 0 bridgehead atoms. The van der Waals surface area contributed by atoms with Crippen LogP contribution in [0.4, 0.5) is 0 Å². The third-order valence-electron chi connectivity index (χ3n) is 3.93. The van der Waals surface area contributed by atoms with Crippen molar-refractivity contribution < 1.29 is 4.52 Å². The maximum absolute atomic E-state index is 5.50. The molecule has 0 amide bonds. The molecule has 1 atom stereocenters. The quantitative estimate of drug-likeness (QED) is 0.902. The maximum atomic E-state index is 5.50. The molecule has 20 heavy (non-hydrogen) atoms. The number of hydrogen-bond acceptors (Lipinski definition) is 4. The molecule has 1 fully saturated rings. The number of halogens is 1. The zero-order chi connectivity index (χ0) is 14.2. The van der Waals surface area contributed by atoms with Crippen molar-refractivity contribution >= 4 is 15.9 Å². The summed E-state index contributed by atoms with van der Waals surface area (Å²) in [6, 6.07) is 8.03. The van der Waals surface area contributed by atoms with Gasteiger partial charge in [-0.05, 0) is 36.9 Å². The van der Waals surface area contributed by atoms with Crippen LogP contribution in [0.3, 0.4) is 0 Å². The average molecular weight is 336 g/mol. The van der Waals surface area contributed by atoms with Crippen molar-refractivity contribution in [1.82, 2.24) is 15.5 Å². The molecule has 106 valence electrons. The highest BCUT2D eigenvalue weighted by atomic mass is 79.9. The Morgan fingerprint density at radius 2 is 2.15 bits per heavy atom. The van der Waals surface area contributed by atoms with Gasteiger partial charge in [0.15, 0.2) is 0 Å². The van der Waals surface area contributed by atoms with E-state index >= 15 is 0 Å². The Labute approximate surface area is 127 Å². The summed E-state index contributed by atoms with van der Waals surface area (Å²) in [5, 5.41) is 7.63. The smallest absolute Gasteiger partial charge is 0.244 e. The molecular weight excluding hydrogens is 318 g/mol. The van der Waals surface area contributed by atoms with E-state index in [-0.39, 0.29) is 11.5 Å². The Hall–Kier alpha value is -1.20. The van der Waals surface area contributed by atoms with Crippen LogP contribution in [0.25, 0.3) is 11.4 Å². The molecule has 0 spiro atoms. The zero-order valence-corrected chi connectivity index (χ0v) is 13.3. The first kappa shape index (κ1) is 13.8. The van der Waals surface area contributed by atoms with Crippen LogP contribution in [0.5, 0.6) is 0 Å². The number of hydrogen-bond donors (Lipinski definition) is 1. The van der Waals surface area contributed by atoms with Crippen LogP contribution in [0, 0.1) is 5.41 Å². The van der Waals surface area contributed by atoms with Gasteiger partial charge >= 0.3 is 0 Å². The van der Waals surface area contributed by atoms with Crippen molar-refractivity contribution in [2.75, 3.05) is 6.54 Å². The lowest BCUT2D eigenvalue weighted by Gasteiger charge is -2.36. The summed E-state index contributed by atoms with van der Waals surface area (Å²) in [6.07, 6.45) is 2.35. The number of nitrogens with zero attached hydrogens (tertiary/aromatic N) is 2. The molecule has 0 radical (unpaired) electrons. The fraction of sp³-hybridized carbons (Fsp3) is 0.467. The fourth-order valence-electron chi connectivity index (χ4n) is 2.74. The lowest BCUT2D eigenvalue weighted by molar-refractivity contribution is 0.146. The van der Waals surface area contributed by atoms with Crippen molar-refractivity contribution in [3.63, 3.8) is 0 Å². The molecule has 0 saturated carbocycles. The largest absolute Gasteiger partial charge is 0.337 e. The first-order valence-corrected chi connectivity index (χ1v) is 7.69. The molecule has 2 heterocycles. The van der Waals surface area contributed by atoms with E-state index in [1.54, 1.807) is 0 Å². The van der Waals surface area contributed by atoms with Crippen molar-refractivity contribution in [3.8, 4) is 11.4 Å². The van der Waals surface area contributed by atoms with Crippen molar-refractivity contribution in [2.45, 2.75) is 32.7 Å². The Kier molecular flexibility index (Phi) is 3.65.